The van der Waals surface area contributed by atoms with Gasteiger partial charge in [-0.25, -0.2) is 4.79 Å². The Hall–Kier alpha value is -3.54. The molecular weight excluding hydrogens is 401 g/mol. The van der Waals surface area contributed by atoms with Crippen LogP contribution in [0.3, 0.4) is 0 Å². The molecule has 0 aliphatic heterocycles. The lowest BCUT2D eigenvalue weighted by atomic mass is 10.1. The van der Waals surface area contributed by atoms with Crippen LogP contribution in [0.5, 0.6) is 0 Å². The normalized spacial score (nSPS) is 11.5. The Kier molecular flexibility index (Phi) is 7.13. The molecule has 160 valence electrons. The SMILES string of the molecule is CCc1ccc(N(C/C=C/c2ccccc2)C(=O)Nc2cccc(C(F)(F)F)c2)cc1. The van der Waals surface area contributed by atoms with Crippen LogP contribution < -0.4 is 10.2 Å². The van der Waals surface area contributed by atoms with Gasteiger partial charge in [-0.2, -0.15) is 13.2 Å². The van der Waals surface area contributed by atoms with Crippen LogP contribution in [0.15, 0.2) is 84.9 Å². The van der Waals surface area contributed by atoms with Gasteiger partial charge in [0.1, 0.15) is 0 Å². The van der Waals surface area contributed by atoms with Crippen molar-refractivity contribution in [2.24, 2.45) is 0 Å². The van der Waals surface area contributed by atoms with Gasteiger partial charge in [-0.05, 0) is 47.9 Å². The van der Waals surface area contributed by atoms with E-state index in [1.165, 1.54) is 17.0 Å². The van der Waals surface area contributed by atoms with Gasteiger partial charge in [-0.15, -0.1) is 0 Å². The number of rotatable bonds is 6. The number of benzene rings is 3. The number of anilines is 2. The second-order valence-corrected chi connectivity index (χ2v) is 6.95. The summed E-state index contributed by atoms with van der Waals surface area (Å²) in [5.41, 5.74) is 2.04. The maximum Gasteiger partial charge on any atom is 0.416 e. The van der Waals surface area contributed by atoms with E-state index >= 15 is 0 Å². The van der Waals surface area contributed by atoms with Crippen molar-refractivity contribution >= 4 is 23.5 Å². The van der Waals surface area contributed by atoms with E-state index in [-0.39, 0.29) is 12.2 Å². The van der Waals surface area contributed by atoms with E-state index in [4.69, 9.17) is 0 Å². The standard InChI is InChI=1S/C25H23F3N2O/c1-2-19-13-15-23(16-14-19)30(17-7-10-20-8-4-3-5-9-20)24(31)29-22-12-6-11-21(18-22)25(26,27)28/h3-16,18H,2,17H2,1H3,(H,29,31)/b10-7+. The lowest BCUT2D eigenvalue weighted by Crippen LogP contribution is -2.35. The predicted octanol–water partition coefficient (Wildman–Crippen LogP) is 7.02. The molecule has 0 saturated carbocycles. The van der Waals surface area contributed by atoms with Crippen LogP contribution >= 0.6 is 0 Å². The number of hydrogen-bond acceptors (Lipinski definition) is 1. The van der Waals surface area contributed by atoms with Gasteiger partial charge in [0.15, 0.2) is 0 Å². The molecular formula is C25H23F3N2O. The molecule has 0 aliphatic carbocycles. The van der Waals surface area contributed by atoms with Crippen LogP contribution in [-0.2, 0) is 12.6 Å². The van der Waals surface area contributed by atoms with Crippen molar-refractivity contribution in [2.75, 3.05) is 16.8 Å². The summed E-state index contributed by atoms with van der Waals surface area (Å²) in [5, 5.41) is 2.58. The third-order valence-electron chi connectivity index (χ3n) is 4.74. The number of aryl methyl sites for hydroxylation is 1. The minimum Gasteiger partial charge on any atom is -0.308 e. The molecule has 6 heteroatoms. The van der Waals surface area contributed by atoms with Crippen LogP contribution in [0.2, 0.25) is 0 Å². The Morgan fingerprint density at radius 2 is 1.68 bits per heavy atom. The number of amides is 2. The third-order valence-corrected chi connectivity index (χ3v) is 4.74. The molecule has 0 atom stereocenters. The molecule has 0 aromatic heterocycles. The van der Waals surface area contributed by atoms with Crippen LogP contribution in [0.1, 0.15) is 23.6 Å². The molecule has 3 aromatic carbocycles. The van der Waals surface area contributed by atoms with E-state index in [0.29, 0.717) is 5.69 Å². The second-order valence-electron chi connectivity index (χ2n) is 6.95. The Bertz CT molecular complexity index is 1030. The van der Waals surface area contributed by atoms with Crippen molar-refractivity contribution in [3.05, 3.63) is 102 Å². The highest BCUT2D eigenvalue weighted by atomic mass is 19.4. The molecule has 0 radical (unpaired) electrons. The fraction of sp³-hybridized carbons (Fsp3) is 0.160. The van der Waals surface area contributed by atoms with Gasteiger partial charge in [0.25, 0.3) is 0 Å². The Morgan fingerprint density at radius 1 is 0.968 bits per heavy atom. The smallest absolute Gasteiger partial charge is 0.308 e. The molecule has 1 N–H and O–H groups in total. The van der Waals surface area contributed by atoms with Gasteiger partial charge in [0, 0.05) is 17.9 Å². The van der Waals surface area contributed by atoms with Crippen molar-refractivity contribution in [3.63, 3.8) is 0 Å². The molecule has 2 amide bonds. The summed E-state index contributed by atoms with van der Waals surface area (Å²) >= 11 is 0. The molecule has 0 fully saturated rings. The number of carbonyl (C=O) groups is 1. The van der Waals surface area contributed by atoms with E-state index < -0.39 is 17.8 Å². The first kappa shape index (κ1) is 22.2. The van der Waals surface area contributed by atoms with Gasteiger partial charge in [-0.3, -0.25) is 4.90 Å². The highest BCUT2D eigenvalue weighted by molar-refractivity contribution is 6.02. The second kappa shape index (κ2) is 9.98. The minimum atomic E-state index is -4.48. The summed E-state index contributed by atoms with van der Waals surface area (Å²) in [5.74, 6) is 0. The monoisotopic (exact) mass is 424 g/mol. The zero-order valence-corrected chi connectivity index (χ0v) is 17.1. The maximum atomic E-state index is 13.0. The van der Waals surface area contributed by atoms with E-state index in [2.05, 4.69) is 5.32 Å². The van der Waals surface area contributed by atoms with Crippen LogP contribution in [0.4, 0.5) is 29.3 Å². The number of urea groups is 1. The average Bonchev–Trinajstić information content (AvgIpc) is 2.77. The number of nitrogens with zero attached hydrogens (tertiary/aromatic N) is 1. The number of nitrogens with one attached hydrogen (secondary N) is 1. The third kappa shape index (κ3) is 6.22. The zero-order chi connectivity index (χ0) is 22.3. The highest BCUT2D eigenvalue weighted by Gasteiger charge is 2.30. The van der Waals surface area contributed by atoms with Crippen LogP contribution in [0.25, 0.3) is 6.08 Å². The maximum absolute atomic E-state index is 13.0. The molecule has 0 spiro atoms. The molecule has 3 aromatic rings. The van der Waals surface area contributed by atoms with E-state index in [9.17, 15) is 18.0 Å². The van der Waals surface area contributed by atoms with Crippen LogP contribution in [0, 0.1) is 0 Å². The number of alkyl halides is 3. The Labute approximate surface area is 179 Å². The topological polar surface area (TPSA) is 32.3 Å². The first-order valence-electron chi connectivity index (χ1n) is 9.93. The lowest BCUT2D eigenvalue weighted by molar-refractivity contribution is -0.137. The van der Waals surface area contributed by atoms with Crippen molar-refractivity contribution < 1.29 is 18.0 Å². The van der Waals surface area contributed by atoms with Crippen molar-refractivity contribution in [1.82, 2.24) is 0 Å². The van der Waals surface area contributed by atoms with Gasteiger partial charge < -0.3 is 5.32 Å². The zero-order valence-electron chi connectivity index (χ0n) is 17.1. The molecule has 0 aliphatic rings. The largest absolute Gasteiger partial charge is 0.416 e. The van der Waals surface area contributed by atoms with Gasteiger partial charge in [0.2, 0.25) is 0 Å². The summed E-state index contributed by atoms with van der Waals surface area (Å²) in [6, 6.07) is 21.3. The fourth-order valence-electron chi connectivity index (χ4n) is 3.04. The fourth-order valence-corrected chi connectivity index (χ4v) is 3.04. The number of carbonyl (C=O) groups excluding carboxylic acids is 1. The molecule has 31 heavy (non-hydrogen) atoms. The number of hydrogen-bond donors (Lipinski definition) is 1. The Morgan fingerprint density at radius 3 is 2.32 bits per heavy atom. The first-order valence-corrected chi connectivity index (χ1v) is 9.93. The van der Waals surface area contributed by atoms with Gasteiger partial charge >= 0.3 is 12.2 Å². The minimum absolute atomic E-state index is 0.0852. The Balaban J connectivity index is 1.82. The van der Waals surface area contributed by atoms with Crippen molar-refractivity contribution in [3.8, 4) is 0 Å². The van der Waals surface area contributed by atoms with Gasteiger partial charge in [0.05, 0.1) is 5.56 Å². The summed E-state index contributed by atoms with van der Waals surface area (Å²) in [6.07, 6.45) is 0.124. The number of halogens is 3. The van der Waals surface area contributed by atoms with E-state index in [0.717, 1.165) is 29.7 Å². The first-order chi connectivity index (χ1) is 14.9. The van der Waals surface area contributed by atoms with E-state index in [1.807, 2.05) is 73.7 Å². The van der Waals surface area contributed by atoms with Gasteiger partial charge in [-0.1, -0.05) is 67.6 Å². The van der Waals surface area contributed by atoms with Crippen molar-refractivity contribution in [2.45, 2.75) is 19.5 Å². The highest BCUT2D eigenvalue weighted by Crippen LogP contribution is 2.30. The molecule has 0 saturated heterocycles. The summed E-state index contributed by atoms with van der Waals surface area (Å²) in [6.45, 7) is 2.29. The average molecular weight is 424 g/mol. The molecule has 0 unspecified atom stereocenters. The molecule has 3 nitrogen and oxygen atoms in total. The van der Waals surface area contributed by atoms with Crippen molar-refractivity contribution in [1.29, 1.82) is 0 Å². The molecule has 0 bridgehead atoms. The van der Waals surface area contributed by atoms with E-state index in [1.54, 1.807) is 0 Å². The lowest BCUT2D eigenvalue weighted by Gasteiger charge is -2.22. The summed E-state index contributed by atoms with van der Waals surface area (Å²) < 4.78 is 39.0. The van der Waals surface area contributed by atoms with Crippen LogP contribution in [-0.4, -0.2) is 12.6 Å². The molecule has 0 heterocycles. The molecule has 3 rings (SSSR count). The quantitative estimate of drug-likeness (QED) is 0.453. The summed E-state index contributed by atoms with van der Waals surface area (Å²) in [7, 11) is 0. The summed E-state index contributed by atoms with van der Waals surface area (Å²) in [4.78, 5) is 14.5. The predicted molar refractivity (Wildman–Crippen MR) is 119 cm³/mol.